The minimum Gasteiger partial charge on any atom is -0.375 e. The van der Waals surface area contributed by atoms with Crippen molar-refractivity contribution < 1.29 is 9.53 Å². The van der Waals surface area contributed by atoms with Crippen molar-refractivity contribution in [2.24, 2.45) is 5.92 Å². The third kappa shape index (κ3) is 7.41. The molecule has 7 nitrogen and oxygen atoms in total. The van der Waals surface area contributed by atoms with Gasteiger partial charge in [0.2, 0.25) is 5.91 Å². The number of anilines is 1. The quantitative estimate of drug-likeness (QED) is 0.660. The predicted molar refractivity (Wildman–Crippen MR) is 129 cm³/mol. The highest BCUT2D eigenvalue weighted by Crippen LogP contribution is 2.28. The molecule has 1 aliphatic heterocycles. The first-order chi connectivity index (χ1) is 15.2. The number of ether oxygens (including phenoxy) is 1. The number of rotatable bonds is 8. The molecule has 1 N–H and O–H groups in total. The third-order valence-electron chi connectivity index (χ3n) is 6.69. The lowest BCUT2D eigenvalue weighted by molar-refractivity contribution is -0.119. The summed E-state index contributed by atoms with van der Waals surface area (Å²) in [6, 6.07) is 2.50. The van der Waals surface area contributed by atoms with Crippen LogP contribution in [0.3, 0.4) is 0 Å². The molecule has 0 bridgehead atoms. The van der Waals surface area contributed by atoms with E-state index in [0.29, 0.717) is 19.3 Å². The van der Waals surface area contributed by atoms with Crippen LogP contribution in [0.15, 0.2) is 6.07 Å². The summed E-state index contributed by atoms with van der Waals surface area (Å²) < 4.78 is 5.62. The number of hydrogen-bond donors (Lipinski definition) is 1. The summed E-state index contributed by atoms with van der Waals surface area (Å²) in [7, 11) is 0. The van der Waals surface area contributed by atoms with Crippen LogP contribution in [0.2, 0.25) is 0 Å². The molecule has 1 aromatic heterocycles. The van der Waals surface area contributed by atoms with Crippen LogP contribution in [0.25, 0.3) is 0 Å². The van der Waals surface area contributed by atoms with Crippen molar-refractivity contribution in [2.75, 3.05) is 44.2 Å². The Balaban J connectivity index is 1.48. The van der Waals surface area contributed by atoms with Crippen LogP contribution in [-0.4, -0.2) is 66.1 Å². The number of nitrogens with one attached hydrogen (secondary N) is 1. The lowest BCUT2D eigenvalue weighted by Crippen LogP contribution is -2.47. The SMILES string of the molecule is CCOCc1cc(N2CCN(CCC3CCC(NC(C)=O)CC3)CC2)nc(C(C)(C)C)n1. The fourth-order valence-corrected chi connectivity index (χ4v) is 4.71. The molecule has 0 atom stereocenters. The van der Waals surface area contributed by atoms with Crippen LogP contribution in [0.5, 0.6) is 0 Å². The monoisotopic (exact) mass is 445 g/mol. The van der Waals surface area contributed by atoms with Gasteiger partial charge in [0.25, 0.3) is 0 Å². The molecule has 2 aliphatic rings. The molecular weight excluding hydrogens is 402 g/mol. The second kappa shape index (κ2) is 11.4. The largest absolute Gasteiger partial charge is 0.375 e. The van der Waals surface area contributed by atoms with Crippen molar-refractivity contribution in [3.05, 3.63) is 17.6 Å². The summed E-state index contributed by atoms with van der Waals surface area (Å²) in [6.07, 6.45) is 6.01. The summed E-state index contributed by atoms with van der Waals surface area (Å²) in [5.74, 6) is 2.84. The molecule has 2 heterocycles. The molecule has 2 fully saturated rings. The average Bonchev–Trinajstić information content (AvgIpc) is 2.76. The molecule has 32 heavy (non-hydrogen) atoms. The van der Waals surface area contributed by atoms with Crippen molar-refractivity contribution in [1.29, 1.82) is 0 Å². The maximum atomic E-state index is 11.3. The molecule has 1 saturated heterocycles. The van der Waals surface area contributed by atoms with Crippen LogP contribution in [-0.2, 0) is 21.6 Å². The first-order valence-corrected chi connectivity index (χ1v) is 12.4. The molecule has 1 aromatic rings. The number of carbonyl (C=O) groups is 1. The second-order valence-electron chi connectivity index (χ2n) is 10.5. The summed E-state index contributed by atoms with van der Waals surface area (Å²) in [5.41, 5.74) is 0.886. The van der Waals surface area contributed by atoms with E-state index in [1.165, 1.54) is 25.8 Å². The molecule has 180 valence electrons. The molecule has 7 heteroatoms. The third-order valence-corrected chi connectivity index (χ3v) is 6.69. The van der Waals surface area contributed by atoms with Gasteiger partial charge in [-0.25, -0.2) is 9.97 Å². The fraction of sp³-hybridized carbons (Fsp3) is 0.800. The number of amides is 1. The normalized spacial score (nSPS) is 22.7. The summed E-state index contributed by atoms with van der Waals surface area (Å²) >= 11 is 0. The van der Waals surface area contributed by atoms with E-state index in [9.17, 15) is 4.79 Å². The van der Waals surface area contributed by atoms with E-state index in [-0.39, 0.29) is 11.3 Å². The van der Waals surface area contributed by atoms with Gasteiger partial charge in [-0.05, 0) is 51.5 Å². The van der Waals surface area contributed by atoms with Crippen molar-refractivity contribution in [3.63, 3.8) is 0 Å². The van der Waals surface area contributed by atoms with Gasteiger partial charge in [0, 0.05) is 57.2 Å². The molecule has 0 spiro atoms. The van der Waals surface area contributed by atoms with E-state index in [1.807, 2.05) is 6.92 Å². The van der Waals surface area contributed by atoms with Gasteiger partial charge in [-0.3, -0.25) is 9.69 Å². The number of piperazine rings is 1. The zero-order valence-electron chi connectivity index (χ0n) is 20.8. The Morgan fingerprint density at radius 2 is 1.81 bits per heavy atom. The number of aromatic nitrogens is 2. The van der Waals surface area contributed by atoms with Gasteiger partial charge in [-0.1, -0.05) is 20.8 Å². The number of hydrogen-bond acceptors (Lipinski definition) is 6. The Labute approximate surface area is 194 Å². The van der Waals surface area contributed by atoms with E-state index in [0.717, 1.165) is 62.3 Å². The van der Waals surface area contributed by atoms with Crippen LogP contribution >= 0.6 is 0 Å². The first kappa shape index (κ1) is 24.9. The maximum Gasteiger partial charge on any atom is 0.217 e. The Morgan fingerprint density at radius 1 is 1.12 bits per heavy atom. The van der Waals surface area contributed by atoms with Crippen molar-refractivity contribution in [3.8, 4) is 0 Å². The topological polar surface area (TPSA) is 70.6 Å². The smallest absolute Gasteiger partial charge is 0.217 e. The van der Waals surface area contributed by atoms with E-state index >= 15 is 0 Å². The van der Waals surface area contributed by atoms with Gasteiger partial charge >= 0.3 is 0 Å². The number of carbonyl (C=O) groups excluding carboxylic acids is 1. The lowest BCUT2D eigenvalue weighted by atomic mass is 9.84. The van der Waals surface area contributed by atoms with Gasteiger partial charge in [-0.15, -0.1) is 0 Å². The molecule has 0 radical (unpaired) electrons. The second-order valence-corrected chi connectivity index (χ2v) is 10.5. The molecular formula is C25H43N5O2. The minimum absolute atomic E-state index is 0.0856. The molecule has 1 saturated carbocycles. The van der Waals surface area contributed by atoms with Crippen LogP contribution < -0.4 is 10.2 Å². The Morgan fingerprint density at radius 3 is 2.41 bits per heavy atom. The fourth-order valence-electron chi connectivity index (χ4n) is 4.71. The first-order valence-electron chi connectivity index (χ1n) is 12.4. The van der Waals surface area contributed by atoms with Gasteiger partial charge in [0.15, 0.2) is 0 Å². The van der Waals surface area contributed by atoms with E-state index < -0.39 is 0 Å². The van der Waals surface area contributed by atoms with Crippen molar-refractivity contribution in [1.82, 2.24) is 20.2 Å². The van der Waals surface area contributed by atoms with Crippen LogP contribution in [0, 0.1) is 5.92 Å². The molecule has 3 rings (SSSR count). The molecule has 1 aliphatic carbocycles. The number of nitrogens with zero attached hydrogens (tertiary/aromatic N) is 4. The molecule has 0 unspecified atom stereocenters. The molecule has 0 aromatic carbocycles. The Hall–Kier alpha value is -1.73. The Kier molecular flexibility index (Phi) is 8.88. The van der Waals surface area contributed by atoms with Crippen LogP contribution in [0.1, 0.15) is 78.2 Å². The Bertz CT molecular complexity index is 732. The summed E-state index contributed by atoms with van der Waals surface area (Å²) in [4.78, 5) is 25.9. The average molecular weight is 446 g/mol. The van der Waals surface area contributed by atoms with E-state index in [1.54, 1.807) is 6.92 Å². The predicted octanol–water partition coefficient (Wildman–Crippen LogP) is 3.52. The molecule has 1 amide bonds. The van der Waals surface area contributed by atoms with Gasteiger partial charge < -0.3 is 15.0 Å². The van der Waals surface area contributed by atoms with Crippen molar-refractivity contribution in [2.45, 2.75) is 84.8 Å². The highest BCUT2D eigenvalue weighted by Gasteiger charge is 2.25. The zero-order valence-corrected chi connectivity index (χ0v) is 20.8. The van der Waals surface area contributed by atoms with Gasteiger partial charge in [0.05, 0.1) is 12.3 Å². The zero-order chi connectivity index (χ0) is 23.1. The van der Waals surface area contributed by atoms with E-state index in [4.69, 9.17) is 14.7 Å². The minimum atomic E-state index is -0.0856. The van der Waals surface area contributed by atoms with E-state index in [2.05, 4.69) is 42.0 Å². The summed E-state index contributed by atoms with van der Waals surface area (Å²) in [5, 5.41) is 3.08. The van der Waals surface area contributed by atoms with Crippen molar-refractivity contribution >= 4 is 11.7 Å². The van der Waals surface area contributed by atoms with Gasteiger partial charge in [-0.2, -0.15) is 0 Å². The highest BCUT2D eigenvalue weighted by atomic mass is 16.5. The maximum absolute atomic E-state index is 11.3. The highest BCUT2D eigenvalue weighted by molar-refractivity contribution is 5.73. The lowest BCUT2D eigenvalue weighted by Gasteiger charge is -2.37. The van der Waals surface area contributed by atoms with Gasteiger partial charge in [0.1, 0.15) is 11.6 Å². The van der Waals surface area contributed by atoms with Crippen LogP contribution in [0.4, 0.5) is 5.82 Å². The standard InChI is InChI=1S/C25H43N5O2/c1-6-32-18-22-17-23(28-24(27-22)25(3,4)5)30-15-13-29(14-16-30)12-11-20-7-9-21(10-8-20)26-19(2)31/h17,20-21H,6-16,18H2,1-5H3,(H,26,31). The summed E-state index contributed by atoms with van der Waals surface area (Å²) in [6.45, 7) is 16.7.